The van der Waals surface area contributed by atoms with Crippen molar-refractivity contribution in [1.82, 2.24) is 14.6 Å². The minimum atomic E-state index is -3.41. The van der Waals surface area contributed by atoms with Crippen molar-refractivity contribution in [2.24, 2.45) is 0 Å². The van der Waals surface area contributed by atoms with E-state index in [2.05, 4.69) is 15.2 Å². The van der Waals surface area contributed by atoms with Crippen LogP contribution in [0.1, 0.15) is 10.6 Å². The fourth-order valence-electron chi connectivity index (χ4n) is 2.65. The topological polar surface area (TPSA) is 95.8 Å². The fraction of sp³-hybridized carbons (Fsp3) is 0.375. The van der Waals surface area contributed by atoms with Gasteiger partial charge >= 0.3 is 0 Å². The maximum Gasteiger partial charge on any atom is 0.287 e. The third-order valence-corrected chi connectivity index (χ3v) is 5.87. The first-order chi connectivity index (χ1) is 12.1. The molecule has 9 heteroatoms. The average Bonchev–Trinajstić information content (AvgIpc) is 3.17. The molecule has 1 aliphatic heterocycles. The summed E-state index contributed by atoms with van der Waals surface area (Å²) in [5, 5.41) is 2.56. The summed E-state index contributed by atoms with van der Waals surface area (Å²) >= 11 is 0. The number of aromatic nitrogens is 1. The Kier molecular flexibility index (Phi) is 5.34. The number of sulfonamides is 1. The van der Waals surface area contributed by atoms with Crippen LogP contribution in [0.5, 0.6) is 0 Å². The van der Waals surface area contributed by atoms with Crippen LogP contribution < -0.4 is 10.2 Å². The molecule has 3 rings (SSSR count). The van der Waals surface area contributed by atoms with E-state index >= 15 is 0 Å². The molecule has 134 valence electrons. The molecule has 1 saturated heterocycles. The second-order valence-electron chi connectivity index (χ2n) is 5.62. The highest BCUT2D eigenvalue weighted by molar-refractivity contribution is 7.89. The van der Waals surface area contributed by atoms with Gasteiger partial charge in [0.1, 0.15) is 5.82 Å². The SMILES string of the molecule is O=C(NCCS(=O)(=O)N1CCN(c2ccccn2)CC1)c1ccco1. The highest BCUT2D eigenvalue weighted by atomic mass is 32.2. The minimum absolute atomic E-state index is 0.0440. The number of hydrogen-bond acceptors (Lipinski definition) is 6. The number of amides is 1. The Labute approximate surface area is 146 Å². The molecule has 0 radical (unpaired) electrons. The van der Waals surface area contributed by atoms with Crippen molar-refractivity contribution in [3.05, 3.63) is 48.6 Å². The van der Waals surface area contributed by atoms with Crippen LogP contribution in [-0.2, 0) is 10.0 Å². The van der Waals surface area contributed by atoms with Gasteiger partial charge in [-0.2, -0.15) is 4.31 Å². The van der Waals surface area contributed by atoms with Crippen LogP contribution in [0.2, 0.25) is 0 Å². The van der Waals surface area contributed by atoms with Gasteiger partial charge in [-0.1, -0.05) is 6.07 Å². The Bertz CT molecular complexity index is 785. The van der Waals surface area contributed by atoms with Crippen molar-refractivity contribution in [2.75, 3.05) is 43.4 Å². The zero-order chi connectivity index (χ0) is 17.7. The second-order valence-corrected chi connectivity index (χ2v) is 7.71. The lowest BCUT2D eigenvalue weighted by atomic mass is 10.3. The smallest absolute Gasteiger partial charge is 0.287 e. The van der Waals surface area contributed by atoms with Crippen LogP contribution in [-0.4, -0.2) is 62.1 Å². The van der Waals surface area contributed by atoms with E-state index < -0.39 is 15.9 Å². The normalized spacial score (nSPS) is 15.9. The first-order valence-corrected chi connectivity index (χ1v) is 9.63. The number of nitrogens with one attached hydrogen (secondary N) is 1. The summed E-state index contributed by atoms with van der Waals surface area (Å²) in [5.74, 6) is 0.468. The van der Waals surface area contributed by atoms with E-state index in [0.717, 1.165) is 5.82 Å². The van der Waals surface area contributed by atoms with Gasteiger partial charge in [0.25, 0.3) is 5.91 Å². The summed E-state index contributed by atoms with van der Waals surface area (Å²) in [6, 6.07) is 8.80. The first kappa shape index (κ1) is 17.4. The molecule has 0 saturated carbocycles. The Hall–Kier alpha value is -2.39. The number of furan rings is 1. The number of carbonyl (C=O) groups excluding carboxylic acids is 1. The standard InChI is InChI=1S/C16H20N4O4S/c21-16(14-4-3-12-24-14)18-7-13-25(22,23)20-10-8-19(9-11-20)15-5-1-2-6-17-15/h1-6,12H,7-11,13H2,(H,18,21). The summed E-state index contributed by atoms with van der Waals surface area (Å²) in [6.07, 6.45) is 3.12. The van der Waals surface area contributed by atoms with Crippen molar-refractivity contribution in [3.8, 4) is 0 Å². The van der Waals surface area contributed by atoms with E-state index in [1.807, 2.05) is 18.2 Å². The molecule has 3 heterocycles. The highest BCUT2D eigenvalue weighted by Crippen LogP contribution is 2.14. The van der Waals surface area contributed by atoms with Crippen molar-refractivity contribution < 1.29 is 17.6 Å². The summed E-state index contributed by atoms with van der Waals surface area (Å²) in [6.45, 7) is 2.04. The van der Waals surface area contributed by atoms with Gasteiger partial charge in [0.2, 0.25) is 10.0 Å². The molecular weight excluding hydrogens is 344 g/mol. The van der Waals surface area contributed by atoms with Gasteiger partial charge in [-0.25, -0.2) is 13.4 Å². The lowest BCUT2D eigenvalue weighted by Crippen LogP contribution is -2.50. The monoisotopic (exact) mass is 364 g/mol. The number of pyridine rings is 1. The molecule has 0 spiro atoms. The van der Waals surface area contributed by atoms with Gasteiger partial charge in [0.15, 0.2) is 5.76 Å². The van der Waals surface area contributed by atoms with Crippen LogP contribution in [0.3, 0.4) is 0 Å². The van der Waals surface area contributed by atoms with E-state index in [0.29, 0.717) is 26.2 Å². The summed E-state index contributed by atoms with van der Waals surface area (Å²) in [5.41, 5.74) is 0. The molecule has 0 unspecified atom stereocenters. The molecule has 0 aliphatic carbocycles. The average molecular weight is 364 g/mol. The van der Waals surface area contributed by atoms with Gasteiger partial charge in [-0.15, -0.1) is 0 Å². The molecule has 2 aromatic rings. The predicted molar refractivity (Wildman–Crippen MR) is 92.9 cm³/mol. The third kappa shape index (κ3) is 4.37. The van der Waals surface area contributed by atoms with Gasteiger partial charge in [-0.3, -0.25) is 4.79 Å². The molecule has 1 fully saturated rings. The van der Waals surface area contributed by atoms with Crippen molar-refractivity contribution >= 4 is 21.7 Å². The zero-order valence-corrected chi connectivity index (χ0v) is 14.5. The molecule has 2 aromatic heterocycles. The molecule has 0 atom stereocenters. The molecule has 0 bridgehead atoms. The molecular formula is C16H20N4O4S. The maximum absolute atomic E-state index is 12.4. The number of carbonyl (C=O) groups is 1. The summed E-state index contributed by atoms with van der Waals surface area (Å²) in [7, 11) is -3.41. The Morgan fingerprint density at radius 2 is 1.96 bits per heavy atom. The number of piperazine rings is 1. The van der Waals surface area contributed by atoms with Gasteiger partial charge in [-0.05, 0) is 24.3 Å². The van der Waals surface area contributed by atoms with E-state index in [-0.39, 0.29) is 18.1 Å². The number of anilines is 1. The predicted octanol–water partition coefficient (Wildman–Crippen LogP) is 0.556. The second kappa shape index (κ2) is 7.66. The Morgan fingerprint density at radius 1 is 1.16 bits per heavy atom. The van der Waals surface area contributed by atoms with Crippen molar-refractivity contribution in [1.29, 1.82) is 0 Å². The van der Waals surface area contributed by atoms with E-state index in [1.54, 1.807) is 12.3 Å². The quantitative estimate of drug-likeness (QED) is 0.804. The van der Waals surface area contributed by atoms with Crippen LogP contribution in [0.4, 0.5) is 5.82 Å². The van der Waals surface area contributed by atoms with Crippen LogP contribution in [0, 0.1) is 0 Å². The fourth-order valence-corrected chi connectivity index (χ4v) is 3.99. The van der Waals surface area contributed by atoms with Gasteiger partial charge in [0, 0.05) is 38.9 Å². The summed E-state index contributed by atoms with van der Waals surface area (Å²) in [4.78, 5) is 18.1. The molecule has 8 nitrogen and oxygen atoms in total. The number of hydrogen-bond donors (Lipinski definition) is 1. The van der Waals surface area contributed by atoms with Crippen LogP contribution in [0.25, 0.3) is 0 Å². The molecule has 1 amide bonds. The van der Waals surface area contributed by atoms with Crippen molar-refractivity contribution in [3.63, 3.8) is 0 Å². The Balaban J connectivity index is 1.47. The highest BCUT2D eigenvalue weighted by Gasteiger charge is 2.27. The molecule has 0 aromatic carbocycles. The van der Waals surface area contributed by atoms with Crippen LogP contribution >= 0.6 is 0 Å². The lowest BCUT2D eigenvalue weighted by molar-refractivity contribution is 0.0928. The molecule has 1 N–H and O–H groups in total. The number of nitrogens with zero attached hydrogens (tertiary/aromatic N) is 3. The summed E-state index contributed by atoms with van der Waals surface area (Å²) < 4.78 is 31.3. The largest absolute Gasteiger partial charge is 0.459 e. The van der Waals surface area contributed by atoms with Gasteiger partial charge < -0.3 is 14.6 Å². The maximum atomic E-state index is 12.4. The van der Waals surface area contributed by atoms with E-state index in [4.69, 9.17) is 4.42 Å². The molecule has 1 aliphatic rings. The molecule has 25 heavy (non-hydrogen) atoms. The van der Waals surface area contributed by atoms with Crippen molar-refractivity contribution in [2.45, 2.75) is 0 Å². The minimum Gasteiger partial charge on any atom is -0.459 e. The van der Waals surface area contributed by atoms with E-state index in [9.17, 15) is 13.2 Å². The third-order valence-electron chi connectivity index (χ3n) is 4.00. The van der Waals surface area contributed by atoms with Gasteiger partial charge in [0.05, 0.1) is 12.0 Å². The first-order valence-electron chi connectivity index (χ1n) is 8.02. The van der Waals surface area contributed by atoms with E-state index in [1.165, 1.54) is 16.6 Å². The zero-order valence-electron chi connectivity index (χ0n) is 13.7. The lowest BCUT2D eigenvalue weighted by Gasteiger charge is -2.34. The Morgan fingerprint density at radius 3 is 2.60 bits per heavy atom. The van der Waals surface area contributed by atoms with Crippen LogP contribution in [0.15, 0.2) is 47.2 Å². The number of rotatable bonds is 6.